The van der Waals surface area contributed by atoms with Gasteiger partial charge in [0.15, 0.2) is 5.41 Å². The first kappa shape index (κ1) is 28.7. The summed E-state index contributed by atoms with van der Waals surface area (Å²) in [6.07, 6.45) is -20.7. The van der Waals surface area contributed by atoms with Crippen LogP contribution in [-0.4, -0.2) is 43.2 Å². The number of carbonyl (C=O) groups excluding carboxylic acids is 1. The molecular weight excluding hydrogens is 560 g/mol. The summed E-state index contributed by atoms with van der Waals surface area (Å²) in [4.78, 5) is 14.7. The lowest BCUT2D eigenvalue weighted by Crippen LogP contribution is -2.53. The van der Waals surface area contributed by atoms with Crippen molar-refractivity contribution in [3.05, 3.63) is 64.7 Å². The second-order valence-corrected chi connectivity index (χ2v) is 9.19. The zero-order valence-corrected chi connectivity index (χ0v) is 19.3. The molecule has 2 aromatic rings. The Morgan fingerprint density at radius 3 is 1.79 bits per heavy atom. The molecule has 1 aliphatic heterocycles. The fraction of sp³-hybridized carbons (Fsp3) is 0.458. The van der Waals surface area contributed by atoms with E-state index < -0.39 is 96.9 Å². The second kappa shape index (κ2) is 9.12. The third-order valence-corrected chi connectivity index (χ3v) is 6.84. The average Bonchev–Trinajstić information content (AvgIpc) is 3.59. The normalized spacial score (nSPS) is 22.5. The van der Waals surface area contributed by atoms with Crippen LogP contribution < -0.4 is 4.90 Å². The Kier molecular flexibility index (Phi) is 6.71. The van der Waals surface area contributed by atoms with Gasteiger partial charge in [-0.15, -0.1) is 0 Å². The highest BCUT2D eigenvalue weighted by atomic mass is 19.4. The number of nitrogens with zero attached hydrogens (tertiary/aromatic N) is 2. The fourth-order valence-electron chi connectivity index (χ4n) is 4.73. The number of amides is 1. The van der Waals surface area contributed by atoms with Crippen LogP contribution in [0.15, 0.2) is 30.3 Å². The van der Waals surface area contributed by atoms with Crippen LogP contribution in [0.3, 0.4) is 0 Å². The van der Waals surface area contributed by atoms with Crippen molar-refractivity contribution < 1.29 is 57.5 Å². The Hall–Kier alpha value is -3.31. The maximum absolute atomic E-state index is 14.1. The van der Waals surface area contributed by atoms with E-state index in [-0.39, 0.29) is 11.6 Å². The first-order valence-corrected chi connectivity index (χ1v) is 11.2. The van der Waals surface area contributed by atoms with Crippen LogP contribution in [-0.2, 0) is 23.3 Å². The van der Waals surface area contributed by atoms with Crippen LogP contribution in [0.2, 0.25) is 0 Å². The van der Waals surface area contributed by atoms with Crippen molar-refractivity contribution in [2.75, 3.05) is 31.1 Å². The van der Waals surface area contributed by atoms with Gasteiger partial charge in [-0.3, -0.25) is 4.79 Å². The molecule has 0 aromatic heterocycles. The smallest absolute Gasteiger partial charge is 0.367 e. The maximum Gasteiger partial charge on any atom is 0.426 e. The third kappa shape index (κ3) is 5.29. The van der Waals surface area contributed by atoms with E-state index in [1.54, 1.807) is 0 Å². The van der Waals surface area contributed by atoms with Crippen molar-refractivity contribution in [2.24, 2.45) is 5.41 Å². The molecule has 0 unspecified atom stereocenters. The summed E-state index contributed by atoms with van der Waals surface area (Å²) in [6, 6.07) is 6.00. The van der Waals surface area contributed by atoms with Gasteiger partial charge in [-0.2, -0.15) is 52.7 Å². The summed E-state index contributed by atoms with van der Waals surface area (Å²) >= 11 is 0. The topological polar surface area (TPSA) is 23.6 Å². The molecule has 0 spiro atoms. The Morgan fingerprint density at radius 1 is 0.769 bits per heavy atom. The van der Waals surface area contributed by atoms with E-state index in [4.69, 9.17) is 0 Å². The molecule has 3 nitrogen and oxygen atoms in total. The Morgan fingerprint density at radius 2 is 1.33 bits per heavy atom. The summed E-state index contributed by atoms with van der Waals surface area (Å²) in [7, 11) is 0. The van der Waals surface area contributed by atoms with Gasteiger partial charge in [-0.05, 0) is 30.2 Å². The molecule has 0 N–H and O–H groups in total. The number of carbonyl (C=O) groups is 1. The zero-order chi connectivity index (χ0) is 29.2. The van der Waals surface area contributed by atoms with Gasteiger partial charge < -0.3 is 9.80 Å². The summed E-state index contributed by atoms with van der Waals surface area (Å²) < 4.78 is 160. The summed E-state index contributed by atoms with van der Waals surface area (Å²) in [5, 5.41) is 0. The van der Waals surface area contributed by atoms with E-state index in [1.165, 1.54) is 12.1 Å². The maximum atomic E-state index is 14.1. The van der Waals surface area contributed by atoms with E-state index in [0.717, 1.165) is 21.9 Å². The number of benzene rings is 1. The van der Waals surface area contributed by atoms with Crippen molar-refractivity contribution in [3.8, 4) is 0 Å². The van der Waals surface area contributed by atoms with E-state index in [0.29, 0.717) is 12.1 Å². The number of alkyl halides is 12. The monoisotopic (exact) mass is 576 g/mol. The number of rotatable bonds is 3. The lowest BCUT2D eigenvalue weighted by molar-refractivity contribution is -0.200. The zero-order valence-electron chi connectivity index (χ0n) is 19.3. The Balaban J connectivity index is 1.55. The van der Waals surface area contributed by atoms with Gasteiger partial charge in [-0.25, -0.2) is 0 Å². The van der Waals surface area contributed by atoms with Crippen LogP contribution in [0, 0.1) is 17.5 Å². The van der Waals surface area contributed by atoms with Gasteiger partial charge in [0.05, 0.1) is 11.3 Å². The van der Waals surface area contributed by atoms with Crippen molar-refractivity contribution in [1.29, 1.82) is 0 Å². The fourth-order valence-corrected chi connectivity index (χ4v) is 4.73. The molecule has 1 heterocycles. The molecule has 2 aliphatic rings. The van der Waals surface area contributed by atoms with Crippen molar-refractivity contribution >= 4 is 11.6 Å². The Bertz CT molecular complexity index is 1220. The average molecular weight is 576 g/mol. The molecule has 4 rings (SSSR count). The predicted octanol–water partition coefficient (Wildman–Crippen LogP) is 6.73. The summed E-state index contributed by atoms with van der Waals surface area (Å²) in [6.45, 7) is -2.09. The molecule has 2 atom stereocenters. The summed E-state index contributed by atoms with van der Waals surface area (Å²) in [5.41, 5.74) is -8.15. The minimum Gasteiger partial charge on any atom is -0.367 e. The van der Waals surface area contributed by atoms with Crippen molar-refractivity contribution in [3.63, 3.8) is 0 Å². The van der Waals surface area contributed by atoms with Crippen LogP contribution in [0.1, 0.15) is 34.6 Å². The van der Waals surface area contributed by atoms with Crippen LogP contribution >= 0.6 is 0 Å². The highest BCUT2D eigenvalue weighted by Gasteiger charge is 2.76. The van der Waals surface area contributed by atoms with Crippen molar-refractivity contribution in [1.82, 2.24) is 4.90 Å². The van der Waals surface area contributed by atoms with Crippen molar-refractivity contribution in [2.45, 2.75) is 37.0 Å². The molecule has 39 heavy (non-hydrogen) atoms. The standard InChI is InChI=1S/C24H16F12N2O/c25-21(26,27)14-3-1-13(2-4-14)17-12-20(17,24(34,35)36)19(39)38-9-7-37(8-10-38)18-11-15(22(28,29)30)5-6-16(18)23(31,32)33/h1-4,11,17H,7-10,12H2/t17-,20+/m1/s1. The number of halogens is 12. The van der Waals surface area contributed by atoms with E-state index >= 15 is 0 Å². The van der Waals surface area contributed by atoms with Gasteiger partial charge in [-0.1, -0.05) is 24.3 Å². The molecule has 0 radical (unpaired) electrons. The number of hydrogen-bond acceptors (Lipinski definition) is 2. The first-order valence-electron chi connectivity index (χ1n) is 11.2. The number of anilines is 1. The molecule has 1 aliphatic carbocycles. The quantitative estimate of drug-likeness (QED) is 0.379. The lowest BCUT2D eigenvalue weighted by Gasteiger charge is -2.39. The number of piperazine rings is 1. The minimum absolute atomic E-state index is 0.141. The van der Waals surface area contributed by atoms with Gasteiger partial charge in [0.1, 0.15) is 11.1 Å². The molecule has 1 amide bonds. The van der Waals surface area contributed by atoms with Crippen LogP contribution in [0.25, 0.3) is 0 Å². The van der Waals surface area contributed by atoms with Gasteiger partial charge in [0, 0.05) is 32.1 Å². The van der Waals surface area contributed by atoms with Gasteiger partial charge in [0.2, 0.25) is 5.91 Å². The summed E-state index contributed by atoms with van der Waals surface area (Å²) in [5.74, 6) is -2.88. The molecule has 0 bridgehead atoms. The highest BCUT2D eigenvalue weighted by molar-refractivity contribution is 5.89. The first-order chi connectivity index (χ1) is 17.8. The van der Waals surface area contributed by atoms with E-state index in [1.807, 2.05) is 0 Å². The highest BCUT2D eigenvalue weighted by Crippen LogP contribution is 2.68. The molecular formula is C24H16F12N2O. The molecule has 1 saturated carbocycles. The van der Waals surface area contributed by atoms with E-state index in [2.05, 4.69) is 0 Å². The van der Waals surface area contributed by atoms with Gasteiger partial charge in [0.25, 0.3) is 0 Å². The Labute approximate surface area is 213 Å². The largest absolute Gasteiger partial charge is 0.426 e. The third-order valence-electron chi connectivity index (χ3n) is 6.84. The van der Waals surface area contributed by atoms with Crippen LogP contribution in [0.5, 0.6) is 0 Å². The minimum atomic E-state index is -5.11. The SMILES string of the molecule is O=C(N1CCN(c2cc(C(F)(F)F)c#cc2C(F)(F)F)CC1)[C@]1(C(F)(F)F)C[C@@H]1c1ccc(C(F)(F)F)cc1. The molecule has 15 heteroatoms. The predicted molar refractivity (Wildman–Crippen MR) is 110 cm³/mol. The lowest BCUT2D eigenvalue weighted by atomic mass is 9.95. The van der Waals surface area contributed by atoms with E-state index in [9.17, 15) is 57.5 Å². The van der Waals surface area contributed by atoms with Gasteiger partial charge >= 0.3 is 24.7 Å². The molecule has 2 fully saturated rings. The molecule has 2 aromatic carbocycles. The molecule has 212 valence electrons. The molecule has 1 saturated heterocycles. The number of hydrogen-bond donors (Lipinski definition) is 0. The van der Waals surface area contributed by atoms with Crippen LogP contribution in [0.4, 0.5) is 58.4 Å². The second-order valence-electron chi connectivity index (χ2n) is 9.19.